The monoisotopic (exact) mass is 305 g/mol. The van der Waals surface area contributed by atoms with E-state index in [1.165, 1.54) is 24.3 Å². The second-order valence-electron chi connectivity index (χ2n) is 5.24. The Kier molecular flexibility index (Phi) is 4.75. The minimum absolute atomic E-state index is 0.245. The van der Waals surface area contributed by atoms with Crippen molar-refractivity contribution in [3.05, 3.63) is 29.8 Å². The van der Waals surface area contributed by atoms with Gasteiger partial charge in [-0.15, -0.1) is 13.2 Å². The van der Waals surface area contributed by atoms with Crippen LogP contribution in [0.3, 0.4) is 0 Å². The lowest BCUT2D eigenvalue weighted by Gasteiger charge is -2.40. The molecule has 3 N–H and O–H groups in total. The standard InChI is InChI=1S/C14H18F3NO3/c15-14(16,17)21-11-4-2-10(3-5-11)12(19)13(8-18)6-1-7-20-9-13/h2-5,12,19H,1,6-9,18H2. The van der Waals surface area contributed by atoms with Gasteiger partial charge in [-0.3, -0.25) is 0 Å². The summed E-state index contributed by atoms with van der Waals surface area (Å²) in [6.07, 6.45) is -4.10. The zero-order valence-electron chi connectivity index (χ0n) is 11.4. The molecule has 118 valence electrons. The van der Waals surface area contributed by atoms with E-state index in [0.717, 1.165) is 6.42 Å². The molecule has 7 heteroatoms. The minimum Gasteiger partial charge on any atom is -0.406 e. The molecule has 1 saturated heterocycles. The van der Waals surface area contributed by atoms with Gasteiger partial charge >= 0.3 is 6.36 Å². The fraction of sp³-hybridized carbons (Fsp3) is 0.571. The van der Waals surface area contributed by atoms with Gasteiger partial charge < -0.3 is 20.3 Å². The lowest BCUT2D eigenvalue weighted by molar-refractivity contribution is -0.274. The van der Waals surface area contributed by atoms with Crippen LogP contribution < -0.4 is 10.5 Å². The average Bonchev–Trinajstić information content (AvgIpc) is 2.46. The number of ether oxygens (including phenoxy) is 2. The van der Waals surface area contributed by atoms with Crippen molar-refractivity contribution in [2.45, 2.75) is 25.3 Å². The van der Waals surface area contributed by atoms with Crippen LogP contribution in [-0.2, 0) is 4.74 Å². The predicted octanol–water partition coefficient (Wildman–Crippen LogP) is 2.37. The maximum atomic E-state index is 12.1. The molecule has 0 radical (unpaired) electrons. The quantitative estimate of drug-likeness (QED) is 0.896. The van der Waals surface area contributed by atoms with E-state index in [1.54, 1.807) is 0 Å². The second-order valence-corrected chi connectivity index (χ2v) is 5.24. The summed E-state index contributed by atoms with van der Waals surface area (Å²) < 4.78 is 45.5. The van der Waals surface area contributed by atoms with Gasteiger partial charge in [0.1, 0.15) is 5.75 Å². The van der Waals surface area contributed by atoms with E-state index in [9.17, 15) is 18.3 Å². The minimum atomic E-state index is -4.73. The number of hydrogen-bond donors (Lipinski definition) is 2. The van der Waals surface area contributed by atoms with Crippen LogP contribution in [0.5, 0.6) is 5.75 Å². The Labute approximate surface area is 120 Å². The molecule has 2 atom stereocenters. The van der Waals surface area contributed by atoms with Crippen molar-refractivity contribution in [3.63, 3.8) is 0 Å². The first-order chi connectivity index (χ1) is 9.86. The number of rotatable bonds is 4. The molecule has 2 rings (SSSR count). The van der Waals surface area contributed by atoms with E-state index >= 15 is 0 Å². The fourth-order valence-corrected chi connectivity index (χ4v) is 2.57. The number of hydrogen-bond acceptors (Lipinski definition) is 4. The summed E-state index contributed by atoms with van der Waals surface area (Å²) in [7, 11) is 0. The Bertz CT molecular complexity index is 456. The third kappa shape index (κ3) is 3.87. The van der Waals surface area contributed by atoms with Crippen LogP contribution in [0.1, 0.15) is 24.5 Å². The topological polar surface area (TPSA) is 64.7 Å². The SMILES string of the molecule is NCC1(C(O)c2ccc(OC(F)(F)F)cc2)CCCOC1. The van der Waals surface area contributed by atoms with Crippen molar-refractivity contribution in [1.82, 2.24) is 0 Å². The molecule has 0 aromatic heterocycles. The van der Waals surface area contributed by atoms with E-state index in [-0.39, 0.29) is 12.3 Å². The summed E-state index contributed by atoms with van der Waals surface area (Å²) >= 11 is 0. The molecular formula is C14H18F3NO3. The van der Waals surface area contributed by atoms with Crippen molar-refractivity contribution >= 4 is 0 Å². The lowest BCUT2D eigenvalue weighted by atomic mass is 9.75. The summed E-state index contributed by atoms with van der Waals surface area (Å²) in [5.74, 6) is -0.319. The van der Waals surface area contributed by atoms with Crippen molar-refractivity contribution < 1.29 is 27.8 Å². The van der Waals surface area contributed by atoms with Gasteiger partial charge in [0.15, 0.2) is 0 Å². The van der Waals surface area contributed by atoms with Gasteiger partial charge in [-0.05, 0) is 30.5 Å². The van der Waals surface area contributed by atoms with Crippen LogP contribution in [0, 0.1) is 5.41 Å². The van der Waals surface area contributed by atoms with Crippen molar-refractivity contribution in [3.8, 4) is 5.75 Å². The van der Waals surface area contributed by atoms with Gasteiger partial charge in [-0.25, -0.2) is 0 Å². The molecule has 1 aromatic rings. The largest absolute Gasteiger partial charge is 0.573 e. The molecule has 1 aromatic carbocycles. The van der Waals surface area contributed by atoms with Crippen LogP contribution in [-0.4, -0.2) is 31.2 Å². The summed E-state index contributed by atoms with van der Waals surface area (Å²) in [5.41, 5.74) is 5.68. The zero-order chi connectivity index (χ0) is 15.5. The fourth-order valence-electron chi connectivity index (χ4n) is 2.57. The number of nitrogens with two attached hydrogens (primary N) is 1. The summed E-state index contributed by atoms with van der Waals surface area (Å²) in [6.45, 7) is 1.22. The highest BCUT2D eigenvalue weighted by Gasteiger charge is 2.39. The van der Waals surface area contributed by atoms with Gasteiger partial charge in [-0.1, -0.05) is 12.1 Å². The van der Waals surface area contributed by atoms with Crippen LogP contribution in [0.15, 0.2) is 24.3 Å². The molecule has 21 heavy (non-hydrogen) atoms. The first kappa shape index (κ1) is 16.1. The maximum absolute atomic E-state index is 12.1. The molecule has 1 fully saturated rings. The second kappa shape index (κ2) is 6.21. The van der Waals surface area contributed by atoms with Crippen LogP contribution in [0.2, 0.25) is 0 Å². The Hall–Kier alpha value is -1.31. The van der Waals surface area contributed by atoms with E-state index in [1.807, 2.05) is 0 Å². The normalized spacial score (nSPS) is 24.6. The first-order valence-electron chi connectivity index (χ1n) is 6.68. The Balaban J connectivity index is 2.13. The Morgan fingerprint density at radius 3 is 2.48 bits per heavy atom. The highest BCUT2D eigenvalue weighted by molar-refractivity contribution is 5.29. The van der Waals surface area contributed by atoms with Gasteiger partial charge in [-0.2, -0.15) is 0 Å². The summed E-state index contributed by atoms with van der Waals surface area (Å²) in [6, 6.07) is 5.19. The van der Waals surface area contributed by atoms with E-state index in [0.29, 0.717) is 25.2 Å². The molecule has 2 unspecified atom stereocenters. The van der Waals surface area contributed by atoms with Crippen molar-refractivity contribution in [2.75, 3.05) is 19.8 Å². The molecule has 0 spiro atoms. The number of halogens is 3. The predicted molar refractivity (Wildman–Crippen MR) is 69.6 cm³/mol. The first-order valence-corrected chi connectivity index (χ1v) is 6.68. The summed E-state index contributed by atoms with van der Waals surface area (Å²) in [4.78, 5) is 0. The van der Waals surface area contributed by atoms with Gasteiger partial charge in [0.25, 0.3) is 0 Å². The van der Waals surface area contributed by atoms with Crippen molar-refractivity contribution in [1.29, 1.82) is 0 Å². The molecule has 1 aliphatic heterocycles. The molecule has 4 nitrogen and oxygen atoms in total. The highest BCUT2D eigenvalue weighted by Crippen LogP contribution is 2.40. The average molecular weight is 305 g/mol. The highest BCUT2D eigenvalue weighted by atomic mass is 19.4. The number of alkyl halides is 3. The lowest BCUT2D eigenvalue weighted by Crippen LogP contribution is -2.43. The summed E-state index contributed by atoms with van der Waals surface area (Å²) in [5, 5.41) is 10.5. The van der Waals surface area contributed by atoms with Crippen molar-refractivity contribution in [2.24, 2.45) is 11.1 Å². The van der Waals surface area contributed by atoms with E-state index in [2.05, 4.69) is 4.74 Å². The van der Waals surface area contributed by atoms with E-state index < -0.39 is 17.9 Å². The third-order valence-electron chi connectivity index (χ3n) is 3.77. The number of benzene rings is 1. The zero-order valence-corrected chi connectivity index (χ0v) is 11.4. The number of aliphatic hydroxyl groups excluding tert-OH is 1. The molecule has 1 aliphatic rings. The molecule has 0 aliphatic carbocycles. The smallest absolute Gasteiger partial charge is 0.406 e. The Morgan fingerprint density at radius 1 is 1.33 bits per heavy atom. The molecule has 0 bridgehead atoms. The van der Waals surface area contributed by atoms with Crippen LogP contribution in [0.25, 0.3) is 0 Å². The maximum Gasteiger partial charge on any atom is 0.573 e. The van der Waals surface area contributed by atoms with Gasteiger partial charge in [0, 0.05) is 18.6 Å². The third-order valence-corrected chi connectivity index (χ3v) is 3.77. The molecule has 1 heterocycles. The molecule has 0 saturated carbocycles. The van der Waals surface area contributed by atoms with Crippen LogP contribution in [0.4, 0.5) is 13.2 Å². The van der Waals surface area contributed by atoms with Crippen LogP contribution >= 0.6 is 0 Å². The van der Waals surface area contributed by atoms with Gasteiger partial charge in [0.05, 0.1) is 12.7 Å². The molecule has 0 amide bonds. The van der Waals surface area contributed by atoms with Gasteiger partial charge in [0.2, 0.25) is 0 Å². The molecular weight excluding hydrogens is 287 g/mol. The Morgan fingerprint density at radius 2 is 2.00 bits per heavy atom. The number of aliphatic hydroxyl groups is 1. The van der Waals surface area contributed by atoms with E-state index in [4.69, 9.17) is 10.5 Å².